The van der Waals surface area contributed by atoms with E-state index in [0.29, 0.717) is 40.9 Å². The summed E-state index contributed by atoms with van der Waals surface area (Å²) in [6.45, 7) is 8.59. The number of nitrogen functional groups attached to an aromatic ring is 1. The maximum absolute atomic E-state index is 12.5. The molecule has 2 unspecified atom stereocenters. The summed E-state index contributed by atoms with van der Waals surface area (Å²) in [5.41, 5.74) is 5.78. The van der Waals surface area contributed by atoms with Gasteiger partial charge in [-0.05, 0) is 92.7 Å². The number of nitro benzene ring substituents is 1. The van der Waals surface area contributed by atoms with Crippen molar-refractivity contribution in [2.45, 2.75) is 49.6 Å². The lowest BCUT2D eigenvalue weighted by Gasteiger charge is -2.35. The highest BCUT2D eigenvalue weighted by molar-refractivity contribution is 7.94. The Morgan fingerprint density at radius 3 is 2.04 bits per heavy atom. The Bertz CT molecular complexity index is 3470. The molecule has 90 heavy (non-hydrogen) atoms. The number of amides is 4. The smallest absolute Gasteiger partial charge is 0.335 e. The number of hydrogen-bond acceptors (Lipinski definition) is 24. The zero-order chi connectivity index (χ0) is 68.1. The van der Waals surface area contributed by atoms with E-state index in [9.17, 15) is 47.2 Å². The molecular formula is C52H68Cl4N15O16PS2. The molecule has 3 aromatic carbocycles. The zero-order valence-corrected chi connectivity index (χ0v) is 55.8. The maximum Gasteiger partial charge on any atom is 0.335 e. The SMILES string of the molecule is CC1COc2ccccc2N1C(=O)C(Cl)Cl.CCNc1nc(Cl)nc(NC(C)C)n1.COc1cc(OC)nc(NC(=O)NS(=O)(=O)c2ncccc2C(=O)N(C)C)n1.C[S+](C)C.Nc1c([N+](=O)[O-])ccc(Oc2ccccc2)c1Cl.O=C(O)CNCP(=O)([O-])O. The summed E-state index contributed by atoms with van der Waals surface area (Å²) in [5, 5.41) is 28.5. The first-order valence-corrected chi connectivity index (χ1v) is 33.1. The topological polar surface area (TPSA) is 433 Å². The number of aliphatic carboxylic acids is 1. The first-order valence-electron chi connectivity index (χ1n) is 25.8. The minimum Gasteiger partial charge on any atom is -0.778 e. The number of ether oxygens (including phenoxy) is 4. The van der Waals surface area contributed by atoms with E-state index in [2.05, 4.69) is 64.6 Å². The van der Waals surface area contributed by atoms with Crippen LogP contribution >= 0.6 is 54.0 Å². The molecular weight excluding hydrogens is 1330 g/mol. The molecule has 3 aromatic heterocycles. The van der Waals surface area contributed by atoms with Crippen molar-refractivity contribution in [2.75, 3.05) is 99.6 Å². The number of carbonyl (C=O) groups excluding carboxylic acids is 3. The van der Waals surface area contributed by atoms with E-state index in [4.69, 9.17) is 81.1 Å². The van der Waals surface area contributed by atoms with Gasteiger partial charge in [0, 0.05) is 38.9 Å². The van der Waals surface area contributed by atoms with Gasteiger partial charge in [-0.2, -0.15) is 33.3 Å². The van der Waals surface area contributed by atoms with Gasteiger partial charge in [0.25, 0.3) is 27.5 Å². The first kappa shape index (κ1) is 78.2. The summed E-state index contributed by atoms with van der Waals surface area (Å²) in [5.74, 6) is 0.389. The van der Waals surface area contributed by atoms with Crippen LogP contribution in [0.3, 0.4) is 0 Å². The molecule has 0 radical (unpaired) electrons. The van der Waals surface area contributed by atoms with Crippen molar-refractivity contribution in [1.82, 2.24) is 44.8 Å². The molecule has 0 saturated carbocycles. The fourth-order valence-corrected chi connectivity index (χ4v) is 8.35. The monoisotopic (exact) mass is 1390 g/mol. The van der Waals surface area contributed by atoms with E-state index < -0.39 is 63.1 Å². The Morgan fingerprint density at radius 2 is 1.51 bits per heavy atom. The Labute approximate surface area is 541 Å². The van der Waals surface area contributed by atoms with Crippen molar-refractivity contribution >= 4 is 134 Å². The van der Waals surface area contributed by atoms with Crippen LogP contribution in [0.1, 0.15) is 38.1 Å². The van der Waals surface area contributed by atoms with Crippen molar-refractivity contribution in [3.63, 3.8) is 0 Å². The van der Waals surface area contributed by atoms with E-state index in [-0.39, 0.29) is 68.7 Å². The number of carboxylic acids is 1. The van der Waals surface area contributed by atoms with Gasteiger partial charge in [0.1, 0.15) is 42.2 Å². The number of nitrogens with zero attached hydrogens (tertiary/aromatic N) is 9. The molecule has 9 N–H and O–H groups in total. The van der Waals surface area contributed by atoms with E-state index in [1.165, 1.54) is 69.7 Å². The van der Waals surface area contributed by atoms with Crippen LogP contribution in [-0.4, -0.2) is 172 Å². The normalized spacial score (nSPS) is 12.6. The van der Waals surface area contributed by atoms with Crippen LogP contribution in [0.4, 0.5) is 39.7 Å². The van der Waals surface area contributed by atoms with Gasteiger partial charge in [-0.25, -0.2) is 14.5 Å². The number of nitro groups is 1. The van der Waals surface area contributed by atoms with Crippen LogP contribution < -0.4 is 60.5 Å². The number of benzene rings is 3. The largest absolute Gasteiger partial charge is 0.778 e. The van der Waals surface area contributed by atoms with Crippen LogP contribution in [0.2, 0.25) is 10.3 Å². The Hall–Kier alpha value is -7.85. The van der Waals surface area contributed by atoms with Gasteiger partial charge >= 0.3 is 12.0 Å². The quantitative estimate of drug-likeness (QED) is 0.0110. The molecule has 4 heterocycles. The molecule has 0 bridgehead atoms. The van der Waals surface area contributed by atoms with Crippen LogP contribution in [-0.2, 0) is 35.1 Å². The molecule has 7 rings (SSSR count). The molecule has 1 aliphatic heterocycles. The van der Waals surface area contributed by atoms with Gasteiger partial charge in [-0.1, -0.05) is 65.1 Å². The predicted octanol–water partition coefficient (Wildman–Crippen LogP) is 6.76. The molecule has 0 aliphatic carbocycles. The standard InChI is InChI=1S/C15H18N6O6S.C12H9ClN2O3.C11H11Cl2NO2.C8H14ClN5.C3H8NO5P.C3H9S/c1-21(2)13(22)9-6-5-7-16-12(9)28(24,25)20-15(23)19-14-17-10(26-3)8-11(18-14)27-4;13-11-10(18-8-4-2-1-3-5-8)7-6-9(12(11)14)15(16)17;1-7-6-16-9-5-3-2-4-8(9)14(7)11(15)10(12)13;1-4-10-7-12-6(9)13-8(14-7)11-5(2)3;5-3(6)1-4-2-10(7,8)9;1-4(2)3/h5-8H,1-4H3,(H2,17,18,19,20,23);1-7H,14H2;2-5,7,10H,6H2,1H3;5H,4H2,1-3H3,(H2,10,11,12,13,14);4H,1-2H2,(H,5,6)(H2,7,8,9);1-3H3/q;;;;;+1/p-1. The summed E-state index contributed by atoms with van der Waals surface area (Å²) < 4.78 is 57.6. The van der Waals surface area contributed by atoms with Crippen LogP contribution in [0, 0.1) is 10.1 Å². The summed E-state index contributed by atoms with van der Waals surface area (Å²) in [6, 6.07) is 22.1. The van der Waals surface area contributed by atoms with Crippen molar-refractivity contribution < 1.29 is 70.9 Å². The molecule has 2 atom stereocenters. The van der Waals surface area contributed by atoms with Gasteiger partial charge in [-0.15, -0.1) is 0 Å². The van der Waals surface area contributed by atoms with Gasteiger partial charge in [0.2, 0.25) is 34.9 Å². The molecule has 6 aromatic rings. The van der Waals surface area contributed by atoms with E-state index in [0.717, 1.165) is 12.2 Å². The van der Waals surface area contributed by atoms with E-state index in [1.54, 1.807) is 33.9 Å². The Morgan fingerprint density at radius 1 is 0.922 bits per heavy atom. The minimum atomic E-state index is -4.46. The lowest BCUT2D eigenvalue weighted by atomic mass is 10.1. The second-order valence-corrected chi connectivity index (χ2v) is 25.9. The van der Waals surface area contributed by atoms with Crippen LogP contribution in [0.25, 0.3) is 0 Å². The minimum absolute atomic E-state index is 0.0352. The van der Waals surface area contributed by atoms with Gasteiger partial charge in [0.15, 0.2) is 9.86 Å². The second-order valence-electron chi connectivity index (χ2n) is 18.4. The molecule has 4 amide bonds. The van der Waals surface area contributed by atoms with Crippen LogP contribution in [0.15, 0.2) is 96.2 Å². The van der Waals surface area contributed by atoms with Crippen LogP contribution in [0.5, 0.6) is 29.0 Å². The number of nitrogens with two attached hydrogens (primary N) is 1. The number of aromatic nitrogens is 6. The number of para-hydroxylation sites is 3. The average molecular weight is 1400 g/mol. The molecule has 0 fully saturated rings. The highest BCUT2D eigenvalue weighted by Crippen LogP contribution is 2.39. The van der Waals surface area contributed by atoms with Crippen molar-refractivity contribution in [3.8, 4) is 29.0 Å². The second kappa shape index (κ2) is 38.6. The van der Waals surface area contributed by atoms with Crippen molar-refractivity contribution in [3.05, 3.63) is 117 Å². The summed E-state index contributed by atoms with van der Waals surface area (Å²) in [7, 11) is -2.56. The fraction of sp³-hybridized carbons (Fsp3) is 0.346. The van der Waals surface area contributed by atoms with Crippen molar-refractivity contribution in [2.24, 2.45) is 0 Å². The molecule has 0 spiro atoms. The third-order valence-corrected chi connectivity index (χ3v) is 12.8. The number of alkyl halides is 2. The number of fused-ring (bicyclic) bond motifs is 1. The molecule has 31 nitrogen and oxygen atoms in total. The number of nitrogens with one attached hydrogen (secondary N) is 5. The number of anilines is 5. The van der Waals surface area contributed by atoms with E-state index in [1.807, 2.05) is 63.3 Å². The number of carboxylic acid groups (broad SMARTS) is 1. The lowest BCUT2D eigenvalue weighted by molar-refractivity contribution is -0.383. The highest BCUT2D eigenvalue weighted by atomic mass is 35.5. The number of halogens is 4. The number of urea groups is 1. The summed E-state index contributed by atoms with van der Waals surface area (Å²) >= 11 is 22.9. The third kappa shape index (κ3) is 28.3. The molecule has 0 saturated heterocycles. The van der Waals surface area contributed by atoms with Gasteiger partial charge in [-0.3, -0.25) is 35.1 Å². The molecule has 492 valence electrons. The molecule has 1 aliphatic rings. The predicted molar refractivity (Wildman–Crippen MR) is 343 cm³/mol. The highest BCUT2D eigenvalue weighted by Gasteiger charge is 2.32. The zero-order valence-electron chi connectivity index (χ0n) is 50.2. The number of rotatable bonds is 18. The van der Waals surface area contributed by atoms with E-state index >= 15 is 0 Å². The summed E-state index contributed by atoms with van der Waals surface area (Å²) in [6.07, 6.45) is 7.06. The number of pyridine rings is 1. The fourth-order valence-electron chi connectivity index (χ4n) is 6.35. The summed E-state index contributed by atoms with van der Waals surface area (Å²) in [4.78, 5) is 99.2. The maximum atomic E-state index is 12.5. The third-order valence-electron chi connectivity index (χ3n) is 9.92. The Kier molecular flexibility index (Phi) is 33.6. The van der Waals surface area contributed by atoms with Gasteiger partial charge in [0.05, 0.1) is 74.1 Å². The average Bonchev–Trinajstić information content (AvgIpc) is 0.906. The number of carbonyl (C=O) groups is 4. The lowest BCUT2D eigenvalue weighted by Crippen LogP contribution is -2.47. The molecule has 38 heteroatoms. The van der Waals surface area contributed by atoms with Crippen molar-refractivity contribution in [1.29, 1.82) is 0 Å². The number of hydrogen-bond donors (Lipinski definition) is 8. The van der Waals surface area contributed by atoms with Gasteiger partial charge < -0.3 is 64.6 Å². The Balaban J connectivity index is 0.000000392. The number of sulfonamides is 1. The number of methoxy groups -OCH3 is 2. The first-order chi connectivity index (χ1) is 42.1.